The highest BCUT2D eigenvalue weighted by Gasteiger charge is 2.40. The fraction of sp³-hybridized carbons (Fsp3) is 0.529. The first-order chi connectivity index (χ1) is 12.9. The summed E-state index contributed by atoms with van der Waals surface area (Å²) in [7, 11) is 1.49. The molecule has 2 aromatic rings. The number of hydrogen-bond donors (Lipinski definition) is 4. The molecule has 1 aliphatic heterocycles. The Morgan fingerprint density at radius 3 is 3.04 bits per heavy atom. The van der Waals surface area contributed by atoms with E-state index in [1.807, 2.05) is 0 Å². The monoisotopic (exact) mass is 377 g/mol. The van der Waals surface area contributed by atoms with Crippen LogP contribution < -0.4 is 20.9 Å². The SMILES string of the molecule is COc1ccc2ncc(=O)n(CC[C@@]3(CNC(=O)O)CNCC[C@H]3O)c2n1. The Labute approximate surface area is 155 Å². The van der Waals surface area contributed by atoms with Gasteiger partial charge in [-0.15, -0.1) is 0 Å². The van der Waals surface area contributed by atoms with Crippen molar-refractivity contribution in [3.63, 3.8) is 0 Å². The molecule has 4 N–H and O–H groups in total. The first-order valence-corrected chi connectivity index (χ1v) is 8.71. The van der Waals surface area contributed by atoms with Crippen LogP contribution in [0.2, 0.25) is 0 Å². The lowest BCUT2D eigenvalue weighted by molar-refractivity contribution is -0.00822. The zero-order valence-electron chi connectivity index (χ0n) is 15.0. The largest absolute Gasteiger partial charge is 0.481 e. The Morgan fingerprint density at radius 1 is 1.52 bits per heavy atom. The molecule has 3 rings (SSSR count). The van der Waals surface area contributed by atoms with Crippen LogP contribution in [0.5, 0.6) is 5.88 Å². The first kappa shape index (κ1) is 19.1. The summed E-state index contributed by atoms with van der Waals surface area (Å²) in [4.78, 5) is 31.8. The number of aromatic nitrogens is 3. The predicted octanol–water partition coefficient (Wildman–Crippen LogP) is -0.202. The molecule has 0 spiro atoms. The van der Waals surface area contributed by atoms with Gasteiger partial charge in [-0.1, -0.05) is 0 Å². The number of carbonyl (C=O) groups is 1. The van der Waals surface area contributed by atoms with Crippen molar-refractivity contribution in [1.29, 1.82) is 0 Å². The molecule has 1 aliphatic rings. The third kappa shape index (κ3) is 4.01. The van der Waals surface area contributed by atoms with Crippen molar-refractivity contribution in [1.82, 2.24) is 25.2 Å². The van der Waals surface area contributed by atoms with Gasteiger partial charge in [0.15, 0.2) is 5.65 Å². The second-order valence-electron chi connectivity index (χ2n) is 6.70. The van der Waals surface area contributed by atoms with Crippen molar-refractivity contribution in [2.24, 2.45) is 5.41 Å². The summed E-state index contributed by atoms with van der Waals surface area (Å²) in [6.45, 7) is 1.46. The van der Waals surface area contributed by atoms with Crippen molar-refractivity contribution >= 4 is 17.3 Å². The molecule has 3 heterocycles. The molecule has 10 nitrogen and oxygen atoms in total. The van der Waals surface area contributed by atoms with Gasteiger partial charge in [-0.2, -0.15) is 4.98 Å². The fourth-order valence-electron chi connectivity index (χ4n) is 3.46. The molecule has 146 valence electrons. The number of methoxy groups -OCH3 is 1. The molecule has 1 amide bonds. The second kappa shape index (κ2) is 7.89. The number of fused-ring (bicyclic) bond motifs is 1. The summed E-state index contributed by atoms with van der Waals surface area (Å²) < 4.78 is 6.61. The van der Waals surface area contributed by atoms with Gasteiger partial charge in [0, 0.05) is 31.1 Å². The number of nitrogens with zero attached hydrogens (tertiary/aromatic N) is 3. The summed E-state index contributed by atoms with van der Waals surface area (Å²) in [6.07, 6.45) is 0.300. The van der Waals surface area contributed by atoms with Gasteiger partial charge in [-0.25, -0.2) is 9.78 Å². The first-order valence-electron chi connectivity index (χ1n) is 8.71. The maximum Gasteiger partial charge on any atom is 0.404 e. The Hall–Kier alpha value is -2.72. The minimum absolute atomic E-state index is 0.0883. The van der Waals surface area contributed by atoms with Crippen LogP contribution in [0.25, 0.3) is 11.2 Å². The second-order valence-corrected chi connectivity index (χ2v) is 6.70. The average molecular weight is 377 g/mol. The maximum atomic E-state index is 12.4. The van der Waals surface area contributed by atoms with E-state index in [2.05, 4.69) is 20.6 Å². The highest BCUT2D eigenvalue weighted by molar-refractivity contribution is 5.70. The third-order valence-electron chi connectivity index (χ3n) is 5.08. The number of piperidine rings is 1. The number of rotatable bonds is 6. The molecule has 0 bridgehead atoms. The van der Waals surface area contributed by atoms with E-state index >= 15 is 0 Å². The smallest absolute Gasteiger partial charge is 0.404 e. The topological polar surface area (TPSA) is 139 Å². The Bertz CT molecular complexity index is 886. The van der Waals surface area contributed by atoms with Crippen molar-refractivity contribution < 1.29 is 19.7 Å². The fourth-order valence-corrected chi connectivity index (χ4v) is 3.46. The van der Waals surface area contributed by atoms with E-state index in [0.717, 1.165) is 0 Å². The molecule has 27 heavy (non-hydrogen) atoms. The van der Waals surface area contributed by atoms with Crippen molar-refractivity contribution in [2.45, 2.75) is 25.5 Å². The Balaban J connectivity index is 1.91. The van der Waals surface area contributed by atoms with Crippen LogP contribution in [0, 0.1) is 5.41 Å². The maximum absolute atomic E-state index is 12.4. The van der Waals surface area contributed by atoms with Crippen LogP contribution in [0.1, 0.15) is 12.8 Å². The lowest BCUT2D eigenvalue weighted by Gasteiger charge is -2.42. The zero-order chi connectivity index (χ0) is 19.4. The van der Waals surface area contributed by atoms with E-state index in [0.29, 0.717) is 43.0 Å². The summed E-state index contributed by atoms with van der Waals surface area (Å²) >= 11 is 0. The lowest BCUT2D eigenvalue weighted by atomic mass is 9.75. The van der Waals surface area contributed by atoms with Crippen LogP contribution in [-0.4, -0.2) is 63.7 Å². The number of ether oxygens (including phenoxy) is 1. The van der Waals surface area contributed by atoms with Crippen molar-refractivity contribution in [2.75, 3.05) is 26.7 Å². The van der Waals surface area contributed by atoms with Crippen molar-refractivity contribution in [3.05, 3.63) is 28.7 Å². The number of nitrogens with one attached hydrogen (secondary N) is 2. The molecule has 0 radical (unpaired) electrons. The highest BCUT2D eigenvalue weighted by atomic mass is 16.5. The Kier molecular flexibility index (Phi) is 5.57. The van der Waals surface area contributed by atoms with Gasteiger partial charge in [0.1, 0.15) is 5.52 Å². The van der Waals surface area contributed by atoms with Gasteiger partial charge >= 0.3 is 6.09 Å². The molecule has 0 saturated carbocycles. The molecular formula is C17H23N5O5. The summed E-state index contributed by atoms with van der Waals surface area (Å²) in [5, 5.41) is 25.1. The molecule has 10 heteroatoms. The van der Waals surface area contributed by atoms with E-state index in [1.165, 1.54) is 17.9 Å². The standard InChI is InChI=1S/C17H23N5O5/c1-27-13-3-2-11-15(21-13)22(14(24)8-19-11)7-5-17(10-20-16(25)26)9-18-6-4-12(17)23/h2-3,8,12,18,20,23H,4-7,9-10H2,1H3,(H,25,26)/t12-,17+/m1/s1. The van der Waals surface area contributed by atoms with Crippen LogP contribution >= 0.6 is 0 Å². The van der Waals surface area contributed by atoms with Crippen LogP contribution in [0.15, 0.2) is 23.1 Å². The number of aliphatic hydroxyl groups is 1. The van der Waals surface area contributed by atoms with E-state index in [9.17, 15) is 14.7 Å². The third-order valence-corrected chi connectivity index (χ3v) is 5.08. The average Bonchev–Trinajstić information content (AvgIpc) is 2.67. The Morgan fingerprint density at radius 2 is 2.33 bits per heavy atom. The van der Waals surface area contributed by atoms with Crippen LogP contribution in [0.4, 0.5) is 4.79 Å². The van der Waals surface area contributed by atoms with Gasteiger partial charge in [0.2, 0.25) is 5.88 Å². The van der Waals surface area contributed by atoms with E-state index in [1.54, 1.807) is 12.1 Å². The number of aryl methyl sites for hydroxylation is 1. The van der Waals surface area contributed by atoms with E-state index in [4.69, 9.17) is 9.84 Å². The van der Waals surface area contributed by atoms with E-state index < -0.39 is 17.6 Å². The molecule has 0 unspecified atom stereocenters. The molecule has 1 saturated heterocycles. The lowest BCUT2D eigenvalue weighted by Crippen LogP contribution is -2.56. The highest BCUT2D eigenvalue weighted by Crippen LogP contribution is 2.31. The number of hydrogen-bond acceptors (Lipinski definition) is 7. The van der Waals surface area contributed by atoms with Crippen molar-refractivity contribution in [3.8, 4) is 5.88 Å². The van der Waals surface area contributed by atoms with Gasteiger partial charge in [0.05, 0.1) is 19.4 Å². The number of carboxylic acid groups (broad SMARTS) is 1. The summed E-state index contributed by atoms with van der Waals surface area (Å²) in [6, 6.07) is 3.38. The molecule has 0 aromatic carbocycles. The molecule has 2 aromatic heterocycles. The zero-order valence-corrected chi connectivity index (χ0v) is 15.0. The molecule has 0 aliphatic carbocycles. The number of aliphatic hydroxyl groups excluding tert-OH is 1. The molecule has 1 fully saturated rings. The summed E-state index contributed by atoms with van der Waals surface area (Å²) in [5.74, 6) is 0.366. The number of amides is 1. The van der Waals surface area contributed by atoms with Gasteiger partial charge in [-0.3, -0.25) is 9.36 Å². The van der Waals surface area contributed by atoms with Gasteiger partial charge in [-0.05, 0) is 25.5 Å². The predicted molar refractivity (Wildman–Crippen MR) is 96.9 cm³/mol. The quantitative estimate of drug-likeness (QED) is 0.543. The molecule has 2 atom stereocenters. The minimum atomic E-state index is -1.15. The van der Waals surface area contributed by atoms with E-state index in [-0.39, 0.29) is 18.6 Å². The number of pyridine rings is 1. The van der Waals surface area contributed by atoms with Gasteiger partial charge in [0.25, 0.3) is 5.56 Å². The summed E-state index contributed by atoms with van der Waals surface area (Å²) in [5.41, 5.74) is -0.0930. The van der Waals surface area contributed by atoms with Crippen LogP contribution in [0.3, 0.4) is 0 Å². The molecular weight excluding hydrogens is 354 g/mol. The normalized spacial score (nSPS) is 22.5. The van der Waals surface area contributed by atoms with Gasteiger partial charge < -0.3 is 25.6 Å². The minimum Gasteiger partial charge on any atom is -0.481 e. The van der Waals surface area contributed by atoms with Crippen LogP contribution in [-0.2, 0) is 6.54 Å².